The Balaban J connectivity index is 1.81. The number of hydrogen-bond acceptors (Lipinski definition) is 4. The van der Waals surface area contributed by atoms with Crippen LogP contribution in [-0.2, 0) is 10.0 Å². The van der Waals surface area contributed by atoms with E-state index in [9.17, 15) is 17.9 Å². The molecule has 1 heterocycles. The number of aryl methyl sites for hydroxylation is 1. The van der Waals surface area contributed by atoms with Crippen LogP contribution in [0.5, 0.6) is 0 Å². The van der Waals surface area contributed by atoms with Crippen LogP contribution >= 0.6 is 0 Å². The highest BCUT2D eigenvalue weighted by atomic mass is 32.2. The number of sulfonamides is 1. The summed E-state index contributed by atoms with van der Waals surface area (Å²) in [5, 5.41) is 14.0. The zero-order valence-electron chi connectivity index (χ0n) is 12.7. The molecule has 1 aromatic heterocycles. The smallest absolute Gasteiger partial charge is 0.240 e. The van der Waals surface area contributed by atoms with Gasteiger partial charge in [-0.1, -0.05) is 0 Å². The molecule has 0 atom stereocenters. The Bertz CT molecular complexity index is 828. The maximum Gasteiger partial charge on any atom is 0.240 e. The van der Waals surface area contributed by atoms with E-state index in [-0.39, 0.29) is 17.1 Å². The van der Waals surface area contributed by atoms with E-state index in [1.54, 1.807) is 12.4 Å². The van der Waals surface area contributed by atoms with Gasteiger partial charge in [0.1, 0.15) is 11.5 Å². The topological polar surface area (TPSA) is 84.2 Å². The monoisotopic (exact) mass is 339 g/mol. The fourth-order valence-corrected chi connectivity index (χ4v) is 3.59. The molecule has 0 radical (unpaired) electrons. The summed E-state index contributed by atoms with van der Waals surface area (Å²) in [6.07, 6.45) is 5.26. The van der Waals surface area contributed by atoms with Gasteiger partial charge in [0, 0.05) is 12.7 Å². The molecule has 1 fully saturated rings. The SMILES string of the molecule is Cc1cnn(-c2ccc(S(=O)(=O)NCC3(O)CCC3)cc2F)c1. The molecule has 0 bridgehead atoms. The average Bonchev–Trinajstić information content (AvgIpc) is 2.89. The minimum atomic E-state index is -3.87. The Kier molecular flexibility index (Phi) is 3.99. The van der Waals surface area contributed by atoms with Crippen LogP contribution in [0.2, 0.25) is 0 Å². The van der Waals surface area contributed by atoms with Crippen molar-refractivity contribution in [2.75, 3.05) is 6.54 Å². The van der Waals surface area contributed by atoms with Crippen molar-refractivity contribution in [2.24, 2.45) is 0 Å². The van der Waals surface area contributed by atoms with Gasteiger partial charge in [-0.05, 0) is 49.9 Å². The van der Waals surface area contributed by atoms with Crippen LogP contribution in [-0.4, -0.2) is 35.5 Å². The second-order valence-electron chi connectivity index (χ2n) is 5.98. The summed E-state index contributed by atoms with van der Waals surface area (Å²) in [5.74, 6) is -0.682. The summed E-state index contributed by atoms with van der Waals surface area (Å²) in [6.45, 7) is 1.77. The summed E-state index contributed by atoms with van der Waals surface area (Å²) >= 11 is 0. The summed E-state index contributed by atoms with van der Waals surface area (Å²) in [6, 6.07) is 3.65. The first-order chi connectivity index (χ1) is 10.8. The first-order valence-corrected chi connectivity index (χ1v) is 8.81. The van der Waals surface area contributed by atoms with Gasteiger partial charge in [0.2, 0.25) is 10.0 Å². The van der Waals surface area contributed by atoms with E-state index in [0.29, 0.717) is 12.8 Å². The van der Waals surface area contributed by atoms with Crippen LogP contribution < -0.4 is 4.72 Å². The van der Waals surface area contributed by atoms with E-state index in [2.05, 4.69) is 9.82 Å². The van der Waals surface area contributed by atoms with Crippen molar-refractivity contribution >= 4 is 10.0 Å². The van der Waals surface area contributed by atoms with E-state index < -0.39 is 21.4 Å². The standard InChI is InChI=1S/C15H18FN3O3S/c1-11-8-17-19(9-11)14-4-3-12(7-13(14)16)23(21,22)18-10-15(20)5-2-6-15/h3-4,7-9,18,20H,2,5-6,10H2,1H3. The van der Waals surface area contributed by atoms with E-state index in [1.165, 1.54) is 16.8 Å². The highest BCUT2D eigenvalue weighted by Gasteiger charge is 2.35. The van der Waals surface area contributed by atoms with Crippen molar-refractivity contribution in [3.8, 4) is 5.69 Å². The van der Waals surface area contributed by atoms with Gasteiger partial charge in [0.05, 0.1) is 16.7 Å². The maximum absolute atomic E-state index is 14.2. The molecule has 0 aliphatic heterocycles. The molecule has 6 nitrogen and oxygen atoms in total. The number of benzene rings is 1. The van der Waals surface area contributed by atoms with Crippen molar-refractivity contribution in [3.63, 3.8) is 0 Å². The number of rotatable bonds is 5. The van der Waals surface area contributed by atoms with Crippen LogP contribution in [0, 0.1) is 12.7 Å². The first kappa shape index (κ1) is 16.1. The lowest BCUT2D eigenvalue weighted by atomic mass is 9.81. The molecule has 0 spiro atoms. The van der Waals surface area contributed by atoms with E-state index >= 15 is 0 Å². The van der Waals surface area contributed by atoms with Gasteiger partial charge in [-0.3, -0.25) is 0 Å². The van der Waals surface area contributed by atoms with Crippen LogP contribution in [0.25, 0.3) is 5.69 Å². The van der Waals surface area contributed by atoms with Crippen LogP contribution in [0.3, 0.4) is 0 Å². The average molecular weight is 339 g/mol. The quantitative estimate of drug-likeness (QED) is 0.865. The number of nitrogens with one attached hydrogen (secondary N) is 1. The van der Waals surface area contributed by atoms with Gasteiger partial charge in [-0.25, -0.2) is 22.2 Å². The molecule has 2 aromatic rings. The van der Waals surface area contributed by atoms with E-state index in [4.69, 9.17) is 0 Å². The molecule has 1 aliphatic carbocycles. The predicted octanol–water partition coefficient (Wildman–Crippen LogP) is 1.51. The Morgan fingerprint density at radius 3 is 2.70 bits per heavy atom. The minimum absolute atomic E-state index is 0.0585. The van der Waals surface area contributed by atoms with Gasteiger partial charge in [0.25, 0.3) is 0 Å². The molecule has 3 rings (SSSR count). The summed E-state index contributed by atoms with van der Waals surface area (Å²) < 4.78 is 42.3. The Hall–Kier alpha value is -1.77. The highest BCUT2D eigenvalue weighted by Crippen LogP contribution is 2.31. The lowest BCUT2D eigenvalue weighted by molar-refractivity contribution is -0.0270. The lowest BCUT2D eigenvalue weighted by Gasteiger charge is -2.36. The van der Waals surface area contributed by atoms with Gasteiger partial charge in [0.15, 0.2) is 0 Å². The fourth-order valence-electron chi connectivity index (χ4n) is 2.46. The number of aromatic nitrogens is 2. The summed E-state index contributed by atoms with van der Waals surface area (Å²) in [5.41, 5.74) is 0.0733. The predicted molar refractivity (Wildman–Crippen MR) is 82.2 cm³/mol. The molecule has 1 aliphatic rings. The molecule has 2 N–H and O–H groups in total. The second kappa shape index (κ2) is 5.70. The number of nitrogens with zero attached hydrogens (tertiary/aromatic N) is 2. The Labute approximate surface area is 134 Å². The van der Waals surface area contributed by atoms with Gasteiger partial charge >= 0.3 is 0 Å². The number of aliphatic hydroxyl groups is 1. The van der Waals surface area contributed by atoms with Crippen molar-refractivity contribution in [3.05, 3.63) is 42.0 Å². The summed E-state index contributed by atoms with van der Waals surface area (Å²) in [7, 11) is -3.87. The third kappa shape index (κ3) is 3.29. The third-order valence-electron chi connectivity index (χ3n) is 4.06. The van der Waals surface area contributed by atoms with Crippen molar-refractivity contribution < 1.29 is 17.9 Å². The zero-order valence-corrected chi connectivity index (χ0v) is 13.5. The summed E-state index contributed by atoms with van der Waals surface area (Å²) in [4.78, 5) is -0.175. The second-order valence-corrected chi connectivity index (χ2v) is 7.74. The lowest BCUT2D eigenvalue weighted by Crippen LogP contribution is -2.47. The Morgan fingerprint density at radius 1 is 1.43 bits per heavy atom. The van der Waals surface area contributed by atoms with Crippen molar-refractivity contribution in [1.82, 2.24) is 14.5 Å². The first-order valence-electron chi connectivity index (χ1n) is 7.32. The molecule has 8 heteroatoms. The third-order valence-corrected chi connectivity index (χ3v) is 5.46. The number of halogens is 1. The van der Waals surface area contributed by atoms with Crippen molar-refractivity contribution in [2.45, 2.75) is 36.7 Å². The maximum atomic E-state index is 14.2. The largest absolute Gasteiger partial charge is 0.389 e. The van der Waals surface area contributed by atoms with Crippen LogP contribution in [0.4, 0.5) is 4.39 Å². The normalized spacial score (nSPS) is 17.0. The van der Waals surface area contributed by atoms with Gasteiger partial charge < -0.3 is 5.11 Å². The van der Waals surface area contributed by atoms with Crippen LogP contribution in [0.15, 0.2) is 35.5 Å². The molecule has 1 saturated carbocycles. The fraction of sp³-hybridized carbons (Fsp3) is 0.400. The molecule has 124 valence electrons. The molecule has 1 aromatic carbocycles. The Morgan fingerprint density at radius 2 is 2.17 bits per heavy atom. The molecular formula is C15H18FN3O3S. The molecular weight excluding hydrogens is 321 g/mol. The van der Waals surface area contributed by atoms with Gasteiger partial charge in [-0.2, -0.15) is 5.10 Å². The van der Waals surface area contributed by atoms with E-state index in [1.807, 2.05) is 6.92 Å². The molecule has 0 amide bonds. The molecule has 0 saturated heterocycles. The number of hydrogen-bond donors (Lipinski definition) is 2. The zero-order chi connectivity index (χ0) is 16.7. The highest BCUT2D eigenvalue weighted by molar-refractivity contribution is 7.89. The van der Waals surface area contributed by atoms with Crippen molar-refractivity contribution in [1.29, 1.82) is 0 Å². The molecule has 23 heavy (non-hydrogen) atoms. The van der Waals surface area contributed by atoms with Gasteiger partial charge in [-0.15, -0.1) is 0 Å². The van der Waals surface area contributed by atoms with Crippen LogP contribution in [0.1, 0.15) is 24.8 Å². The van der Waals surface area contributed by atoms with E-state index in [0.717, 1.165) is 18.1 Å². The molecule has 0 unspecified atom stereocenters. The minimum Gasteiger partial charge on any atom is -0.389 e.